The summed E-state index contributed by atoms with van der Waals surface area (Å²) >= 11 is 10.6. The summed E-state index contributed by atoms with van der Waals surface area (Å²) in [4.78, 5) is 24.8. The van der Waals surface area contributed by atoms with Gasteiger partial charge in [-0.1, -0.05) is 23.5 Å². The lowest BCUT2D eigenvalue weighted by Crippen LogP contribution is -2.40. The molecule has 3 aromatic rings. The van der Waals surface area contributed by atoms with Crippen molar-refractivity contribution in [3.8, 4) is 0 Å². The number of aromatic nitrogens is 3. The van der Waals surface area contributed by atoms with E-state index in [1.165, 1.54) is 30.3 Å². The van der Waals surface area contributed by atoms with Crippen LogP contribution in [0.2, 0.25) is 5.02 Å². The number of hydrogen-bond acceptors (Lipinski definition) is 6. The second-order valence-electron chi connectivity index (χ2n) is 7.89. The van der Waals surface area contributed by atoms with Crippen molar-refractivity contribution >= 4 is 62.0 Å². The number of fused-ring (bicyclic) bond motifs is 1. The van der Waals surface area contributed by atoms with Gasteiger partial charge in [-0.15, -0.1) is 0 Å². The highest BCUT2D eigenvalue weighted by atomic mass is 79.9. The van der Waals surface area contributed by atoms with Crippen LogP contribution in [0.4, 0.5) is 18.9 Å². The molecule has 1 aliphatic rings. The van der Waals surface area contributed by atoms with E-state index in [1.54, 1.807) is 16.4 Å². The number of amides is 1. The zero-order chi connectivity index (χ0) is 24.5. The van der Waals surface area contributed by atoms with E-state index >= 15 is 0 Å². The number of nitrogens with zero attached hydrogens (tertiary/aromatic N) is 4. The Bertz CT molecular complexity index is 1210. The van der Waals surface area contributed by atoms with Crippen molar-refractivity contribution in [3.63, 3.8) is 0 Å². The van der Waals surface area contributed by atoms with Crippen LogP contribution < -0.4 is 5.32 Å². The number of rotatable bonds is 5. The van der Waals surface area contributed by atoms with Gasteiger partial charge < -0.3 is 5.32 Å². The van der Waals surface area contributed by atoms with Crippen LogP contribution in [0.1, 0.15) is 41.9 Å². The molecule has 34 heavy (non-hydrogen) atoms. The van der Waals surface area contributed by atoms with Crippen molar-refractivity contribution in [3.05, 3.63) is 57.7 Å². The summed E-state index contributed by atoms with van der Waals surface area (Å²) in [5.41, 5.74) is -0.0672. The predicted octanol–water partition coefficient (Wildman–Crippen LogP) is 6.60. The number of benzene rings is 1. The highest BCUT2D eigenvalue weighted by Gasteiger charge is 2.34. The fourth-order valence-corrected chi connectivity index (χ4v) is 5.35. The van der Waals surface area contributed by atoms with Crippen LogP contribution in [0, 0.1) is 0 Å². The first-order chi connectivity index (χ1) is 16.2. The molecule has 180 valence electrons. The van der Waals surface area contributed by atoms with E-state index in [-0.39, 0.29) is 23.5 Å². The molecule has 1 aliphatic carbocycles. The van der Waals surface area contributed by atoms with Crippen LogP contribution in [0.3, 0.4) is 0 Å². The van der Waals surface area contributed by atoms with Crippen LogP contribution in [-0.4, -0.2) is 43.5 Å². The van der Waals surface area contributed by atoms with E-state index in [1.807, 2.05) is 6.26 Å². The zero-order valence-corrected chi connectivity index (χ0v) is 21.1. The molecular formula is C22H20BrClF3N5OS. The topological polar surface area (TPSA) is 71.0 Å². The number of hydrogen-bond donors (Lipinski definition) is 1. The van der Waals surface area contributed by atoms with E-state index in [0.717, 1.165) is 6.07 Å². The molecule has 12 heteroatoms. The molecule has 1 amide bonds. The molecule has 0 spiro atoms. The second kappa shape index (κ2) is 10.2. The van der Waals surface area contributed by atoms with Crippen LogP contribution in [0.15, 0.2) is 41.3 Å². The van der Waals surface area contributed by atoms with Gasteiger partial charge in [-0.25, -0.2) is 15.0 Å². The van der Waals surface area contributed by atoms with Crippen molar-refractivity contribution in [2.45, 2.75) is 43.9 Å². The molecule has 0 bridgehead atoms. The van der Waals surface area contributed by atoms with Gasteiger partial charge in [0.15, 0.2) is 4.73 Å². The third-order valence-corrected chi connectivity index (χ3v) is 7.17. The van der Waals surface area contributed by atoms with Gasteiger partial charge in [-0.05, 0) is 71.9 Å². The first kappa shape index (κ1) is 25.0. The van der Waals surface area contributed by atoms with E-state index in [0.29, 0.717) is 52.2 Å². The van der Waals surface area contributed by atoms with Crippen molar-refractivity contribution in [1.82, 2.24) is 19.3 Å². The van der Waals surface area contributed by atoms with Crippen molar-refractivity contribution in [2.24, 2.45) is 0 Å². The Kier molecular flexibility index (Phi) is 7.54. The summed E-state index contributed by atoms with van der Waals surface area (Å²) in [5, 5.41) is 4.24. The Morgan fingerprint density at radius 3 is 2.56 bits per heavy atom. The van der Waals surface area contributed by atoms with Gasteiger partial charge >= 0.3 is 6.18 Å². The molecule has 1 fully saturated rings. The smallest absolute Gasteiger partial charge is 0.382 e. The maximum atomic E-state index is 13.4. The van der Waals surface area contributed by atoms with Gasteiger partial charge in [-0.2, -0.15) is 13.2 Å². The molecule has 0 aliphatic heterocycles. The number of alkyl halides is 3. The van der Waals surface area contributed by atoms with Crippen LogP contribution in [0.5, 0.6) is 0 Å². The summed E-state index contributed by atoms with van der Waals surface area (Å²) in [6.07, 6.45) is 1.58. The number of pyridine rings is 1. The number of anilines is 1. The predicted molar refractivity (Wildman–Crippen MR) is 131 cm³/mol. The molecule has 2 aromatic heterocycles. The number of halogens is 5. The molecule has 2 heterocycles. The van der Waals surface area contributed by atoms with Gasteiger partial charge in [0.05, 0.1) is 5.52 Å². The van der Waals surface area contributed by atoms with Crippen molar-refractivity contribution in [1.29, 1.82) is 0 Å². The summed E-state index contributed by atoms with van der Waals surface area (Å²) < 4.78 is 42.3. The third-order valence-electron chi connectivity index (χ3n) is 5.69. The third kappa shape index (κ3) is 5.58. The largest absolute Gasteiger partial charge is 0.433 e. The Hall–Kier alpha value is -2.11. The van der Waals surface area contributed by atoms with Gasteiger partial charge in [-0.3, -0.25) is 9.10 Å². The van der Waals surface area contributed by atoms with Crippen LogP contribution >= 0.6 is 39.5 Å². The molecule has 1 aromatic carbocycles. The zero-order valence-electron chi connectivity index (χ0n) is 17.9. The number of carbonyl (C=O) groups is 1. The first-order valence-corrected chi connectivity index (χ1v) is 12.8. The molecule has 1 saturated carbocycles. The lowest BCUT2D eigenvalue weighted by atomic mass is 9.90. The Balaban J connectivity index is 1.49. The van der Waals surface area contributed by atoms with Crippen LogP contribution in [-0.2, 0) is 6.18 Å². The normalized spacial score (nSPS) is 18.6. The van der Waals surface area contributed by atoms with Crippen LogP contribution in [0.25, 0.3) is 10.9 Å². The molecule has 0 radical (unpaired) electrons. The Morgan fingerprint density at radius 1 is 1.18 bits per heavy atom. The SMILES string of the molecule is CSN(C(=O)c1ccnc(Br)n1)C1CCC(Nc2cc(C(F)(F)F)nc3ccc(Cl)cc23)CC1. The van der Waals surface area contributed by atoms with Gasteiger partial charge in [0.1, 0.15) is 11.4 Å². The average molecular weight is 575 g/mol. The van der Waals surface area contributed by atoms with Crippen molar-refractivity contribution in [2.75, 3.05) is 11.6 Å². The highest BCUT2D eigenvalue weighted by molar-refractivity contribution is 9.10. The van der Waals surface area contributed by atoms with E-state index in [4.69, 9.17) is 11.6 Å². The Morgan fingerprint density at radius 2 is 1.91 bits per heavy atom. The molecule has 0 atom stereocenters. The lowest BCUT2D eigenvalue weighted by molar-refractivity contribution is -0.140. The summed E-state index contributed by atoms with van der Waals surface area (Å²) in [5.74, 6) is -0.198. The maximum absolute atomic E-state index is 13.4. The monoisotopic (exact) mass is 573 g/mol. The quantitative estimate of drug-likeness (QED) is 0.273. The van der Waals surface area contributed by atoms with Gasteiger partial charge in [0.2, 0.25) is 0 Å². The average Bonchev–Trinajstić information content (AvgIpc) is 2.80. The molecule has 0 saturated heterocycles. The van der Waals surface area contributed by atoms with Gasteiger partial charge in [0, 0.05) is 40.6 Å². The summed E-state index contributed by atoms with van der Waals surface area (Å²) in [6, 6.07) is 7.18. The molecule has 4 rings (SSSR count). The minimum Gasteiger partial charge on any atom is -0.382 e. The fourth-order valence-electron chi connectivity index (χ4n) is 4.10. The second-order valence-corrected chi connectivity index (χ2v) is 9.79. The van der Waals surface area contributed by atoms with Gasteiger partial charge in [0.25, 0.3) is 5.91 Å². The highest BCUT2D eigenvalue weighted by Crippen LogP contribution is 2.36. The lowest BCUT2D eigenvalue weighted by Gasteiger charge is -2.36. The number of nitrogens with one attached hydrogen (secondary N) is 1. The summed E-state index contributed by atoms with van der Waals surface area (Å²) in [6.45, 7) is 0. The summed E-state index contributed by atoms with van der Waals surface area (Å²) in [7, 11) is 0. The minimum absolute atomic E-state index is 0.0105. The first-order valence-electron chi connectivity index (χ1n) is 10.5. The Labute approximate surface area is 212 Å². The number of carbonyl (C=O) groups excluding carboxylic acids is 1. The van der Waals surface area contributed by atoms with E-state index in [9.17, 15) is 18.0 Å². The molecule has 0 unspecified atom stereocenters. The molecule has 1 N–H and O–H groups in total. The minimum atomic E-state index is -4.56. The van der Waals surface area contributed by atoms with Crippen molar-refractivity contribution < 1.29 is 18.0 Å². The molecular weight excluding hydrogens is 555 g/mol. The van der Waals surface area contributed by atoms with E-state index < -0.39 is 11.9 Å². The van der Waals surface area contributed by atoms with E-state index in [2.05, 4.69) is 36.2 Å². The standard InChI is InChI=1S/C22H20BrClF3N5OS/c1-34-32(20(33)17-8-9-28-21(23)31-17)14-5-3-13(4-6-14)29-18-11-19(22(25,26)27)30-16-7-2-12(24)10-15(16)18/h2,7-11,13-14H,3-6H2,1H3,(H,29,30). The molecule has 6 nitrogen and oxygen atoms in total. The maximum Gasteiger partial charge on any atom is 0.433 e. The fraction of sp³-hybridized carbons (Fsp3) is 0.364.